The summed E-state index contributed by atoms with van der Waals surface area (Å²) in [6.45, 7) is 9.23. The first-order valence-corrected chi connectivity index (χ1v) is 7.23. The van der Waals surface area contributed by atoms with Gasteiger partial charge in [0.25, 0.3) is 0 Å². The van der Waals surface area contributed by atoms with Crippen molar-refractivity contribution in [2.45, 2.75) is 44.8 Å². The molecular formula is C12H20N2O3S. The number of aromatic nitrogens is 1. The van der Waals surface area contributed by atoms with Gasteiger partial charge in [-0.3, -0.25) is 9.00 Å². The molecule has 1 aromatic heterocycles. The molecule has 0 fully saturated rings. The van der Waals surface area contributed by atoms with Crippen LogP contribution in [-0.4, -0.2) is 26.3 Å². The van der Waals surface area contributed by atoms with Crippen LogP contribution in [0.2, 0.25) is 0 Å². The molecule has 0 saturated heterocycles. The molecule has 1 atom stereocenters. The number of nitrogens with zero attached hydrogens (tertiary/aromatic N) is 1. The van der Waals surface area contributed by atoms with Gasteiger partial charge in [0.15, 0.2) is 5.82 Å². The van der Waals surface area contributed by atoms with Crippen molar-refractivity contribution < 1.29 is 13.5 Å². The van der Waals surface area contributed by atoms with Crippen LogP contribution in [0.3, 0.4) is 0 Å². The van der Waals surface area contributed by atoms with Crippen molar-refractivity contribution in [2.75, 3.05) is 11.6 Å². The van der Waals surface area contributed by atoms with Crippen molar-refractivity contribution in [1.29, 1.82) is 0 Å². The lowest BCUT2D eigenvalue weighted by molar-refractivity contribution is -0.117. The van der Waals surface area contributed by atoms with Crippen molar-refractivity contribution in [2.24, 2.45) is 0 Å². The molecule has 0 spiro atoms. The fourth-order valence-electron chi connectivity index (χ4n) is 1.08. The Balaban J connectivity index is 2.84. The van der Waals surface area contributed by atoms with Gasteiger partial charge < -0.3 is 9.84 Å². The van der Waals surface area contributed by atoms with Gasteiger partial charge in [0.2, 0.25) is 5.91 Å². The molecule has 18 heavy (non-hydrogen) atoms. The summed E-state index contributed by atoms with van der Waals surface area (Å²) in [5, 5.41) is 6.41. The van der Waals surface area contributed by atoms with Crippen LogP contribution in [0.4, 0.5) is 5.82 Å². The molecular weight excluding hydrogens is 252 g/mol. The van der Waals surface area contributed by atoms with Crippen LogP contribution in [0.25, 0.3) is 0 Å². The molecule has 102 valence electrons. The van der Waals surface area contributed by atoms with E-state index in [0.29, 0.717) is 11.6 Å². The van der Waals surface area contributed by atoms with Gasteiger partial charge in [0, 0.05) is 28.5 Å². The summed E-state index contributed by atoms with van der Waals surface area (Å²) >= 11 is 0. The number of hydrogen-bond donors (Lipinski definition) is 1. The van der Waals surface area contributed by atoms with Gasteiger partial charge in [-0.05, 0) is 13.8 Å². The minimum absolute atomic E-state index is 0.168. The summed E-state index contributed by atoms with van der Waals surface area (Å²) in [6.07, 6.45) is 1.50. The lowest BCUT2D eigenvalue weighted by Crippen LogP contribution is -2.40. The summed E-state index contributed by atoms with van der Waals surface area (Å²) in [6, 6.07) is 1.69. The number of carbonyl (C=O) groups is 1. The van der Waals surface area contributed by atoms with E-state index in [9.17, 15) is 9.00 Å². The highest BCUT2D eigenvalue weighted by molar-refractivity contribution is 7.86. The normalized spacial score (nSPS) is 14.3. The molecule has 5 nitrogen and oxygen atoms in total. The van der Waals surface area contributed by atoms with Gasteiger partial charge in [-0.2, -0.15) is 0 Å². The Morgan fingerprint density at radius 3 is 2.28 bits per heavy atom. The molecule has 1 aromatic rings. The van der Waals surface area contributed by atoms with Crippen molar-refractivity contribution >= 4 is 22.5 Å². The van der Waals surface area contributed by atoms with E-state index in [1.54, 1.807) is 19.9 Å². The van der Waals surface area contributed by atoms with Crippen molar-refractivity contribution in [3.05, 3.63) is 11.8 Å². The van der Waals surface area contributed by atoms with Crippen LogP contribution < -0.4 is 5.32 Å². The van der Waals surface area contributed by atoms with E-state index in [0.717, 1.165) is 0 Å². The zero-order valence-corrected chi connectivity index (χ0v) is 12.5. The second kappa shape index (κ2) is 4.84. The Morgan fingerprint density at radius 1 is 1.33 bits per heavy atom. The molecule has 0 aliphatic rings. The molecule has 1 heterocycles. The maximum absolute atomic E-state index is 11.9. The van der Waals surface area contributed by atoms with Gasteiger partial charge in [0.1, 0.15) is 10.5 Å². The van der Waals surface area contributed by atoms with Gasteiger partial charge in [0.05, 0.1) is 0 Å². The van der Waals surface area contributed by atoms with E-state index < -0.39 is 15.5 Å². The van der Waals surface area contributed by atoms with Gasteiger partial charge in [-0.25, -0.2) is 0 Å². The third-order valence-electron chi connectivity index (χ3n) is 2.76. The van der Waals surface area contributed by atoms with Crippen LogP contribution in [0.1, 0.15) is 40.4 Å². The number of nitrogens with one attached hydrogen (secondary N) is 1. The number of carbonyl (C=O) groups excluding carboxylic acids is 1. The van der Waals surface area contributed by atoms with Crippen molar-refractivity contribution in [3.63, 3.8) is 0 Å². The highest BCUT2D eigenvalue weighted by Crippen LogP contribution is 2.25. The first kappa shape index (κ1) is 14.9. The quantitative estimate of drug-likeness (QED) is 0.914. The lowest BCUT2D eigenvalue weighted by Gasteiger charge is -2.19. The molecule has 1 N–H and O–H groups in total. The average Bonchev–Trinajstić information content (AvgIpc) is 2.65. The minimum atomic E-state index is -1.26. The lowest BCUT2D eigenvalue weighted by atomic mass is 9.93. The second-order valence-corrected chi connectivity index (χ2v) is 7.67. The highest BCUT2D eigenvalue weighted by atomic mass is 32.2. The van der Waals surface area contributed by atoms with Crippen LogP contribution in [0.5, 0.6) is 0 Å². The van der Waals surface area contributed by atoms with Gasteiger partial charge in [-0.1, -0.05) is 25.9 Å². The zero-order valence-electron chi connectivity index (χ0n) is 11.7. The predicted octanol–water partition coefficient (Wildman–Crippen LogP) is 2.07. The largest absolute Gasteiger partial charge is 0.359 e. The highest BCUT2D eigenvalue weighted by Gasteiger charge is 2.32. The molecule has 1 rings (SSSR count). The maximum atomic E-state index is 11.9. The maximum Gasteiger partial charge on any atom is 0.243 e. The number of rotatable bonds is 3. The Hall–Kier alpha value is -1.17. The van der Waals surface area contributed by atoms with Crippen LogP contribution in [0.15, 0.2) is 10.6 Å². The molecule has 0 bridgehead atoms. The zero-order chi connectivity index (χ0) is 14.1. The average molecular weight is 272 g/mol. The van der Waals surface area contributed by atoms with E-state index in [2.05, 4.69) is 10.5 Å². The third-order valence-corrected chi connectivity index (χ3v) is 4.38. The number of anilines is 1. The van der Waals surface area contributed by atoms with E-state index in [1.807, 2.05) is 20.8 Å². The number of amides is 1. The molecule has 6 heteroatoms. The van der Waals surface area contributed by atoms with E-state index in [1.165, 1.54) is 6.26 Å². The smallest absolute Gasteiger partial charge is 0.243 e. The molecule has 1 amide bonds. The first-order chi connectivity index (χ1) is 8.05. The number of hydrogen-bond acceptors (Lipinski definition) is 4. The summed E-state index contributed by atoms with van der Waals surface area (Å²) in [4.78, 5) is 11.9. The van der Waals surface area contributed by atoms with Gasteiger partial charge in [-0.15, -0.1) is 0 Å². The van der Waals surface area contributed by atoms with Crippen LogP contribution in [0, 0.1) is 0 Å². The fraction of sp³-hybridized carbons (Fsp3) is 0.667. The van der Waals surface area contributed by atoms with Crippen LogP contribution in [-0.2, 0) is 21.0 Å². The Morgan fingerprint density at radius 2 is 1.89 bits per heavy atom. The Kier molecular flexibility index (Phi) is 4.00. The minimum Gasteiger partial charge on any atom is -0.359 e. The van der Waals surface area contributed by atoms with Crippen molar-refractivity contribution in [3.8, 4) is 0 Å². The second-order valence-electron chi connectivity index (χ2n) is 5.74. The topological polar surface area (TPSA) is 72.2 Å². The van der Waals surface area contributed by atoms with Crippen molar-refractivity contribution in [1.82, 2.24) is 5.16 Å². The summed E-state index contributed by atoms with van der Waals surface area (Å²) < 4.78 is 15.7. The molecule has 0 aliphatic heterocycles. The standard InChI is InChI=1S/C12H20N2O3S/c1-11(2,3)8-7-9(14-17-8)13-10(15)12(4,5)18(6)16/h7H,1-6H3,(H,13,14,15)/t18-/m1/s1. The Labute approximate surface area is 110 Å². The molecule has 0 unspecified atom stereocenters. The predicted molar refractivity (Wildman–Crippen MR) is 72.0 cm³/mol. The Bertz CT molecular complexity index is 472. The molecule has 0 radical (unpaired) electrons. The SMILES string of the molecule is C[S@@](=O)C(C)(C)C(=O)Nc1cc(C(C)(C)C)on1. The molecule has 0 aromatic carbocycles. The van der Waals surface area contributed by atoms with E-state index >= 15 is 0 Å². The monoisotopic (exact) mass is 272 g/mol. The summed E-state index contributed by atoms with van der Waals surface area (Å²) in [7, 11) is -1.26. The van der Waals surface area contributed by atoms with Gasteiger partial charge >= 0.3 is 0 Å². The van der Waals surface area contributed by atoms with E-state index in [4.69, 9.17) is 4.52 Å². The van der Waals surface area contributed by atoms with Crippen LogP contribution >= 0.6 is 0 Å². The molecule has 0 saturated carbocycles. The summed E-state index contributed by atoms with van der Waals surface area (Å²) in [5.74, 6) is 0.703. The first-order valence-electron chi connectivity index (χ1n) is 5.67. The fourth-order valence-corrected chi connectivity index (χ4v) is 1.40. The van der Waals surface area contributed by atoms with E-state index in [-0.39, 0.29) is 11.3 Å². The third kappa shape index (κ3) is 3.19. The molecule has 0 aliphatic carbocycles. The summed E-state index contributed by atoms with van der Waals surface area (Å²) in [5.41, 5.74) is -0.168.